The molecule has 1 saturated heterocycles. The van der Waals surface area contributed by atoms with E-state index in [2.05, 4.69) is 17.0 Å². The summed E-state index contributed by atoms with van der Waals surface area (Å²) in [4.78, 5) is 2.52. The van der Waals surface area contributed by atoms with E-state index in [1.807, 2.05) is 23.0 Å². The van der Waals surface area contributed by atoms with Crippen molar-refractivity contribution < 1.29 is 4.52 Å². The minimum absolute atomic E-state index is 0.447. The second kappa shape index (κ2) is 7.40. The molecule has 0 aromatic heterocycles. The average Bonchev–Trinajstić information content (AvgIpc) is 3.28. The highest BCUT2D eigenvalue weighted by Gasteiger charge is 2.44. The van der Waals surface area contributed by atoms with Gasteiger partial charge in [0.1, 0.15) is 0 Å². The summed E-state index contributed by atoms with van der Waals surface area (Å²) in [5, 5.41) is 6.16. The van der Waals surface area contributed by atoms with Gasteiger partial charge in [-0.1, -0.05) is 18.2 Å². The first kappa shape index (κ1) is 17.5. The molecule has 1 aromatic rings. The van der Waals surface area contributed by atoms with Gasteiger partial charge >= 0.3 is 0 Å². The van der Waals surface area contributed by atoms with Gasteiger partial charge in [0.15, 0.2) is 0 Å². The molecule has 0 amide bonds. The summed E-state index contributed by atoms with van der Waals surface area (Å²) < 4.78 is 8.27. The number of benzene rings is 1. The van der Waals surface area contributed by atoms with Crippen LogP contribution in [0.1, 0.15) is 32.1 Å². The van der Waals surface area contributed by atoms with E-state index < -0.39 is 6.42 Å². The molecule has 25 heavy (non-hydrogen) atoms. The third kappa shape index (κ3) is 3.16. The van der Waals surface area contributed by atoms with Gasteiger partial charge in [-0.25, -0.2) is 4.78 Å². The normalized spacial score (nSPS) is 26.2. The van der Waals surface area contributed by atoms with E-state index in [4.69, 9.17) is 33.0 Å². The van der Waals surface area contributed by atoms with E-state index in [9.17, 15) is 0 Å². The summed E-state index contributed by atoms with van der Waals surface area (Å²) in [6.07, 6.45) is 3.29. The van der Waals surface area contributed by atoms with Crippen LogP contribution in [0.2, 0.25) is 0 Å². The number of alkyl halides is 1. The van der Waals surface area contributed by atoms with E-state index in [0.717, 1.165) is 43.8 Å². The maximum Gasteiger partial charge on any atom is 0.209 e. The third-order valence-corrected chi connectivity index (χ3v) is 8.86. The number of fused-ring (bicyclic) bond motifs is 1. The number of para-hydroxylation sites is 1. The SMILES string of the molecule is S=[P@@]1(OCCCl)C2=C(N3CCCC3)CCCC2=NN1c1ccccc1. The monoisotopic (exact) mass is 395 g/mol. The fraction of sp³-hybridized carbons (Fsp3) is 0.500. The van der Waals surface area contributed by atoms with Crippen LogP contribution in [0.5, 0.6) is 0 Å². The lowest BCUT2D eigenvalue weighted by atomic mass is 10.0. The number of halogens is 1. The third-order valence-electron chi connectivity index (χ3n) is 4.94. The first-order valence-corrected chi connectivity index (χ1v) is 12.2. The van der Waals surface area contributed by atoms with E-state index in [-0.39, 0.29) is 0 Å². The topological polar surface area (TPSA) is 28.1 Å². The van der Waals surface area contributed by atoms with Gasteiger partial charge in [0.25, 0.3) is 0 Å². The number of likely N-dealkylation sites (tertiary alicyclic amines) is 1. The Labute approximate surface area is 159 Å². The molecule has 134 valence electrons. The van der Waals surface area contributed by atoms with Gasteiger partial charge in [-0.05, 0) is 56.0 Å². The minimum Gasteiger partial charge on any atom is -0.374 e. The molecular formula is C18H23ClN3OPS. The second-order valence-corrected chi connectivity index (χ2v) is 10.5. The van der Waals surface area contributed by atoms with Gasteiger partial charge in [0.2, 0.25) is 6.42 Å². The smallest absolute Gasteiger partial charge is 0.209 e. The van der Waals surface area contributed by atoms with Crippen molar-refractivity contribution in [1.82, 2.24) is 4.90 Å². The Morgan fingerprint density at radius 1 is 1.12 bits per heavy atom. The molecule has 1 aromatic carbocycles. The Morgan fingerprint density at radius 2 is 1.88 bits per heavy atom. The molecule has 0 unspecified atom stereocenters. The Hall–Kier alpha value is -0.870. The standard InChI is InChI=1S/C18H23ClN3OPS/c19-11-14-23-24(25)18-16(20-22(24)15-7-2-1-3-8-15)9-6-10-17(18)21-12-4-5-13-21/h1-3,7-8H,4-6,9-14H2/t24-/m0/s1. The maximum atomic E-state index is 6.29. The quantitative estimate of drug-likeness (QED) is 0.522. The van der Waals surface area contributed by atoms with Gasteiger partial charge in [0, 0.05) is 24.7 Å². The van der Waals surface area contributed by atoms with Gasteiger partial charge in [-0.2, -0.15) is 5.10 Å². The van der Waals surface area contributed by atoms with Crippen molar-refractivity contribution in [3.8, 4) is 0 Å². The van der Waals surface area contributed by atoms with Crippen molar-refractivity contribution in [3.63, 3.8) is 0 Å². The summed E-state index contributed by atoms with van der Waals surface area (Å²) in [7, 11) is 0. The summed E-state index contributed by atoms with van der Waals surface area (Å²) in [6.45, 7) is 2.71. The molecule has 1 fully saturated rings. The van der Waals surface area contributed by atoms with Gasteiger partial charge < -0.3 is 9.42 Å². The molecule has 0 bridgehead atoms. The molecule has 1 atom stereocenters. The van der Waals surface area contributed by atoms with Crippen molar-refractivity contribution in [2.75, 3.05) is 30.4 Å². The van der Waals surface area contributed by atoms with E-state index in [0.29, 0.717) is 12.5 Å². The number of hydrogen-bond donors (Lipinski definition) is 0. The molecule has 2 aliphatic heterocycles. The Balaban J connectivity index is 1.82. The van der Waals surface area contributed by atoms with Crippen LogP contribution < -0.4 is 4.78 Å². The van der Waals surface area contributed by atoms with Gasteiger partial charge in [-0.15, -0.1) is 11.6 Å². The first-order valence-electron chi connectivity index (χ1n) is 8.97. The number of hydrazone groups is 1. The predicted molar refractivity (Wildman–Crippen MR) is 109 cm³/mol. The molecule has 0 saturated carbocycles. The van der Waals surface area contributed by atoms with Crippen molar-refractivity contribution in [1.29, 1.82) is 0 Å². The fourth-order valence-electron chi connectivity index (χ4n) is 3.86. The molecule has 0 spiro atoms. The van der Waals surface area contributed by atoms with E-state index in [1.165, 1.54) is 23.9 Å². The molecule has 4 rings (SSSR count). The highest BCUT2D eigenvalue weighted by molar-refractivity contribution is 8.15. The summed E-state index contributed by atoms with van der Waals surface area (Å²) >= 11 is 12.1. The molecule has 2 heterocycles. The highest BCUT2D eigenvalue weighted by atomic mass is 35.5. The minimum atomic E-state index is -2.44. The van der Waals surface area contributed by atoms with Crippen molar-refractivity contribution in [3.05, 3.63) is 41.3 Å². The first-order chi connectivity index (χ1) is 12.2. The zero-order valence-corrected chi connectivity index (χ0v) is 16.7. The number of hydrogen-bond acceptors (Lipinski definition) is 4. The van der Waals surface area contributed by atoms with Crippen LogP contribution in [-0.2, 0) is 16.3 Å². The van der Waals surface area contributed by atoms with Crippen molar-refractivity contribution in [2.45, 2.75) is 32.1 Å². The van der Waals surface area contributed by atoms with Crippen LogP contribution in [-0.4, -0.2) is 36.2 Å². The summed E-state index contributed by atoms with van der Waals surface area (Å²) in [5.74, 6) is 0.447. The van der Waals surface area contributed by atoms with Crippen molar-refractivity contribution in [2.24, 2.45) is 5.10 Å². The van der Waals surface area contributed by atoms with Crippen LogP contribution >= 0.6 is 18.0 Å². The Bertz CT molecular complexity index is 746. The second-order valence-electron chi connectivity index (χ2n) is 6.56. The lowest BCUT2D eigenvalue weighted by molar-refractivity contribution is 0.377. The largest absolute Gasteiger partial charge is 0.374 e. The maximum absolute atomic E-state index is 6.29. The van der Waals surface area contributed by atoms with Gasteiger partial charge in [-0.3, -0.25) is 0 Å². The van der Waals surface area contributed by atoms with E-state index >= 15 is 0 Å². The van der Waals surface area contributed by atoms with Crippen LogP contribution in [0.4, 0.5) is 5.69 Å². The highest BCUT2D eigenvalue weighted by Crippen LogP contribution is 2.66. The molecule has 4 nitrogen and oxygen atoms in total. The zero-order valence-electron chi connectivity index (χ0n) is 14.2. The summed E-state index contributed by atoms with van der Waals surface area (Å²) in [6, 6.07) is 10.2. The van der Waals surface area contributed by atoms with Crippen LogP contribution in [0.25, 0.3) is 0 Å². The van der Waals surface area contributed by atoms with Crippen LogP contribution in [0.3, 0.4) is 0 Å². The number of anilines is 1. The van der Waals surface area contributed by atoms with Crippen molar-refractivity contribution >= 4 is 41.2 Å². The molecule has 1 aliphatic carbocycles. The van der Waals surface area contributed by atoms with E-state index in [1.54, 1.807) is 0 Å². The van der Waals surface area contributed by atoms with Crippen LogP contribution in [0, 0.1) is 0 Å². The van der Waals surface area contributed by atoms with Crippen LogP contribution in [0.15, 0.2) is 46.4 Å². The number of nitrogens with zero attached hydrogens (tertiary/aromatic N) is 3. The fourth-order valence-corrected chi connectivity index (χ4v) is 7.79. The molecule has 7 heteroatoms. The van der Waals surface area contributed by atoms with Gasteiger partial charge in [0.05, 0.1) is 23.3 Å². The summed E-state index contributed by atoms with van der Waals surface area (Å²) in [5.41, 5.74) is 3.53. The lowest BCUT2D eigenvalue weighted by Crippen LogP contribution is -2.25. The lowest BCUT2D eigenvalue weighted by Gasteiger charge is -2.33. The Kier molecular flexibility index (Phi) is 5.19. The predicted octanol–water partition coefficient (Wildman–Crippen LogP) is 4.92. The number of allylic oxidation sites excluding steroid dienone is 2. The molecule has 3 aliphatic rings. The Morgan fingerprint density at radius 3 is 2.60 bits per heavy atom. The molecule has 0 N–H and O–H groups in total. The zero-order chi connectivity index (χ0) is 17.3. The molecular weight excluding hydrogens is 373 g/mol. The average molecular weight is 396 g/mol. The number of rotatable bonds is 5. The molecule has 0 radical (unpaired) electrons.